The Hall–Kier alpha value is -4.33. The van der Waals surface area contributed by atoms with Crippen molar-refractivity contribution in [2.75, 3.05) is 18.5 Å². The number of nitrogens with one attached hydrogen (secondary N) is 2. The number of amides is 2. The highest BCUT2D eigenvalue weighted by molar-refractivity contribution is 6.17. The van der Waals surface area contributed by atoms with E-state index in [9.17, 15) is 9.59 Å². The molecule has 2 heterocycles. The predicted octanol–water partition coefficient (Wildman–Crippen LogP) is 4.80. The standard InChI is InChI=1S/C33H38N4O4/c1-6-40-26-15-22-16-32(2,3)37-29(28(22)24-17-33(4,5)41-30(24)26)21-12-13-23(31(39)36-19-27(34)38)25(14-21)35-18-20-10-8-7-9-11-20/h7-15,35H,6,16-19H2,1-5H3,(H2,34,38)(H,36,39). The van der Waals surface area contributed by atoms with E-state index < -0.39 is 5.91 Å². The summed E-state index contributed by atoms with van der Waals surface area (Å²) in [6.45, 7) is 11.2. The molecule has 5 rings (SSSR count). The van der Waals surface area contributed by atoms with Gasteiger partial charge in [-0.2, -0.15) is 0 Å². The highest BCUT2D eigenvalue weighted by atomic mass is 16.5. The van der Waals surface area contributed by atoms with Gasteiger partial charge in [0.05, 0.1) is 30.0 Å². The lowest BCUT2D eigenvalue weighted by atomic mass is 9.80. The van der Waals surface area contributed by atoms with Gasteiger partial charge in [0, 0.05) is 35.3 Å². The van der Waals surface area contributed by atoms with Gasteiger partial charge in [0.25, 0.3) is 5.91 Å². The fourth-order valence-electron chi connectivity index (χ4n) is 5.63. The second kappa shape index (κ2) is 10.9. The summed E-state index contributed by atoms with van der Waals surface area (Å²) >= 11 is 0. The number of nitrogens with zero attached hydrogens (tertiary/aromatic N) is 1. The number of carbonyl (C=O) groups excluding carboxylic acids is 2. The molecule has 214 valence electrons. The summed E-state index contributed by atoms with van der Waals surface area (Å²) in [5, 5.41) is 6.05. The smallest absolute Gasteiger partial charge is 0.253 e. The van der Waals surface area contributed by atoms with Crippen molar-refractivity contribution in [1.29, 1.82) is 0 Å². The van der Waals surface area contributed by atoms with E-state index in [-0.39, 0.29) is 23.6 Å². The van der Waals surface area contributed by atoms with Gasteiger partial charge in [-0.3, -0.25) is 14.6 Å². The minimum atomic E-state index is -0.602. The lowest BCUT2D eigenvalue weighted by molar-refractivity contribution is -0.117. The first-order chi connectivity index (χ1) is 19.5. The second-order valence-corrected chi connectivity index (χ2v) is 11.9. The number of benzene rings is 3. The Balaban J connectivity index is 1.62. The summed E-state index contributed by atoms with van der Waals surface area (Å²) < 4.78 is 12.4. The van der Waals surface area contributed by atoms with Crippen LogP contribution in [-0.4, -0.2) is 41.8 Å². The topological polar surface area (TPSA) is 115 Å². The van der Waals surface area contributed by atoms with Crippen LogP contribution in [0.15, 0.2) is 59.6 Å². The van der Waals surface area contributed by atoms with E-state index in [1.807, 2.05) is 49.4 Å². The Labute approximate surface area is 241 Å². The van der Waals surface area contributed by atoms with Crippen molar-refractivity contribution in [2.24, 2.45) is 10.7 Å². The first kappa shape index (κ1) is 28.2. The fourth-order valence-corrected chi connectivity index (χ4v) is 5.63. The maximum Gasteiger partial charge on any atom is 0.253 e. The SMILES string of the molecule is CCOc1cc2c(c3c1OC(C)(C)C3)C(c1ccc(C(=O)NCC(N)=O)c(NCc3ccccc3)c1)=NC(C)(C)C2. The van der Waals surface area contributed by atoms with Crippen molar-refractivity contribution in [3.63, 3.8) is 0 Å². The van der Waals surface area contributed by atoms with E-state index in [0.29, 0.717) is 24.4 Å². The Morgan fingerprint density at radius 2 is 1.80 bits per heavy atom. The van der Waals surface area contributed by atoms with E-state index in [0.717, 1.165) is 52.3 Å². The van der Waals surface area contributed by atoms with Crippen LogP contribution in [0.4, 0.5) is 5.69 Å². The van der Waals surface area contributed by atoms with Gasteiger partial charge in [-0.05, 0) is 70.4 Å². The van der Waals surface area contributed by atoms with Crippen LogP contribution in [0.3, 0.4) is 0 Å². The third-order valence-corrected chi connectivity index (χ3v) is 7.27. The Morgan fingerprint density at radius 3 is 2.51 bits per heavy atom. The maximum absolute atomic E-state index is 13.1. The quantitative estimate of drug-likeness (QED) is 0.352. The second-order valence-electron chi connectivity index (χ2n) is 11.9. The van der Waals surface area contributed by atoms with Crippen LogP contribution >= 0.6 is 0 Å². The lowest BCUT2D eigenvalue weighted by Crippen LogP contribution is -2.33. The molecule has 0 radical (unpaired) electrons. The molecule has 8 nitrogen and oxygen atoms in total. The number of primary amides is 1. The number of carbonyl (C=O) groups is 2. The molecule has 0 atom stereocenters. The number of aliphatic imine (C=N–C) groups is 1. The Bertz CT molecular complexity index is 1530. The van der Waals surface area contributed by atoms with Gasteiger partial charge in [0.2, 0.25) is 5.91 Å². The number of hydrogen-bond acceptors (Lipinski definition) is 6. The third-order valence-electron chi connectivity index (χ3n) is 7.27. The zero-order chi connectivity index (χ0) is 29.4. The molecule has 0 fully saturated rings. The normalized spacial score (nSPS) is 16.1. The van der Waals surface area contributed by atoms with Crippen molar-refractivity contribution in [3.05, 3.63) is 88.0 Å². The first-order valence-electron chi connectivity index (χ1n) is 14.1. The Morgan fingerprint density at radius 1 is 1.05 bits per heavy atom. The summed E-state index contributed by atoms with van der Waals surface area (Å²) in [5.74, 6) is 0.577. The molecular formula is C33H38N4O4. The maximum atomic E-state index is 13.1. The summed E-state index contributed by atoms with van der Waals surface area (Å²) in [7, 11) is 0. The van der Waals surface area contributed by atoms with Crippen molar-refractivity contribution >= 4 is 23.2 Å². The van der Waals surface area contributed by atoms with Crippen molar-refractivity contribution < 1.29 is 19.1 Å². The number of rotatable bonds is 9. The average molecular weight is 555 g/mol. The van der Waals surface area contributed by atoms with Crippen LogP contribution in [0.1, 0.15) is 72.8 Å². The number of nitrogens with two attached hydrogens (primary N) is 1. The van der Waals surface area contributed by atoms with Crippen molar-refractivity contribution in [2.45, 2.75) is 65.1 Å². The molecular weight excluding hydrogens is 516 g/mol. The largest absolute Gasteiger partial charge is 0.490 e. The minimum absolute atomic E-state index is 0.239. The summed E-state index contributed by atoms with van der Waals surface area (Å²) in [6.07, 6.45) is 1.50. The zero-order valence-corrected chi connectivity index (χ0v) is 24.4. The van der Waals surface area contributed by atoms with E-state index >= 15 is 0 Å². The highest BCUT2D eigenvalue weighted by Gasteiger charge is 2.40. The van der Waals surface area contributed by atoms with Crippen LogP contribution in [-0.2, 0) is 24.2 Å². The van der Waals surface area contributed by atoms with Gasteiger partial charge in [-0.15, -0.1) is 0 Å². The molecule has 0 bridgehead atoms. The molecule has 3 aromatic rings. The van der Waals surface area contributed by atoms with E-state index in [1.165, 1.54) is 5.56 Å². The van der Waals surface area contributed by atoms with Crippen LogP contribution in [0.25, 0.3) is 0 Å². The van der Waals surface area contributed by atoms with Crippen molar-refractivity contribution in [3.8, 4) is 11.5 Å². The number of fused-ring (bicyclic) bond motifs is 3. The van der Waals surface area contributed by atoms with E-state index in [2.05, 4.69) is 44.4 Å². The summed E-state index contributed by atoms with van der Waals surface area (Å²) in [4.78, 5) is 29.7. The molecule has 4 N–H and O–H groups in total. The van der Waals surface area contributed by atoms with Gasteiger partial charge < -0.3 is 25.8 Å². The molecule has 3 aromatic carbocycles. The van der Waals surface area contributed by atoms with E-state index in [1.54, 1.807) is 6.07 Å². The van der Waals surface area contributed by atoms with Gasteiger partial charge in [0.1, 0.15) is 5.60 Å². The molecule has 8 heteroatoms. The molecule has 0 saturated heterocycles. The molecule has 0 aromatic heterocycles. The lowest BCUT2D eigenvalue weighted by Gasteiger charge is -2.31. The molecule has 2 aliphatic rings. The van der Waals surface area contributed by atoms with E-state index in [4.69, 9.17) is 20.2 Å². The number of anilines is 1. The van der Waals surface area contributed by atoms with Crippen LogP contribution in [0, 0.1) is 0 Å². The summed E-state index contributed by atoms with van der Waals surface area (Å²) in [6, 6.07) is 17.7. The van der Waals surface area contributed by atoms with Crippen molar-refractivity contribution in [1.82, 2.24) is 5.32 Å². The minimum Gasteiger partial charge on any atom is -0.490 e. The Kier molecular flexibility index (Phi) is 7.51. The first-order valence-corrected chi connectivity index (χ1v) is 14.1. The van der Waals surface area contributed by atoms with Gasteiger partial charge in [0.15, 0.2) is 11.5 Å². The molecule has 41 heavy (non-hydrogen) atoms. The molecule has 2 aliphatic heterocycles. The summed E-state index contributed by atoms with van der Waals surface area (Å²) in [5.41, 5.74) is 11.8. The highest BCUT2D eigenvalue weighted by Crippen LogP contribution is 2.48. The molecule has 2 amide bonds. The van der Waals surface area contributed by atoms with Gasteiger partial charge in [-0.25, -0.2) is 0 Å². The number of ether oxygens (including phenoxy) is 2. The molecule has 0 unspecified atom stereocenters. The molecule has 0 spiro atoms. The number of hydrogen-bond donors (Lipinski definition) is 3. The van der Waals surface area contributed by atoms with Gasteiger partial charge in [-0.1, -0.05) is 36.4 Å². The van der Waals surface area contributed by atoms with Crippen LogP contribution in [0.2, 0.25) is 0 Å². The molecule has 0 saturated carbocycles. The average Bonchev–Trinajstić information content (AvgIpc) is 3.25. The zero-order valence-electron chi connectivity index (χ0n) is 24.4. The van der Waals surface area contributed by atoms with Crippen LogP contribution < -0.4 is 25.8 Å². The predicted molar refractivity (Wildman–Crippen MR) is 161 cm³/mol. The fraction of sp³-hybridized carbons (Fsp3) is 0.364. The molecule has 0 aliphatic carbocycles. The monoisotopic (exact) mass is 554 g/mol. The van der Waals surface area contributed by atoms with Crippen LogP contribution in [0.5, 0.6) is 11.5 Å². The van der Waals surface area contributed by atoms with Gasteiger partial charge >= 0.3 is 0 Å². The third kappa shape index (κ3) is 6.06.